The van der Waals surface area contributed by atoms with Gasteiger partial charge in [-0.1, -0.05) is 24.3 Å². The number of hydrogen-bond acceptors (Lipinski definition) is 5. The van der Waals surface area contributed by atoms with Gasteiger partial charge in [-0.3, -0.25) is 4.79 Å². The van der Waals surface area contributed by atoms with E-state index in [-0.39, 0.29) is 5.56 Å². The predicted octanol–water partition coefficient (Wildman–Crippen LogP) is 3.59. The van der Waals surface area contributed by atoms with E-state index in [0.717, 1.165) is 10.3 Å². The molecule has 0 N–H and O–H groups in total. The average molecular weight is 315 g/mol. The summed E-state index contributed by atoms with van der Waals surface area (Å²) in [6.45, 7) is 0. The highest BCUT2D eigenvalue weighted by atomic mass is 32.1. The quantitative estimate of drug-likeness (QED) is 0.677. The summed E-state index contributed by atoms with van der Waals surface area (Å²) in [5, 5.41) is 19.1. The Morgan fingerprint density at radius 1 is 1.09 bits per heavy atom. The van der Waals surface area contributed by atoms with Crippen molar-refractivity contribution in [1.82, 2.24) is 4.98 Å². The Bertz CT molecular complexity index is 1050. The van der Waals surface area contributed by atoms with Gasteiger partial charge in [-0.15, -0.1) is 11.3 Å². The van der Waals surface area contributed by atoms with Crippen LogP contribution < -0.4 is 5.56 Å². The molecule has 0 atom stereocenters. The van der Waals surface area contributed by atoms with Crippen LogP contribution in [0.5, 0.6) is 0 Å². The van der Waals surface area contributed by atoms with Crippen molar-refractivity contribution in [3.8, 4) is 12.1 Å². The lowest BCUT2D eigenvalue weighted by Crippen LogP contribution is -2.07. The molecule has 4 nitrogen and oxygen atoms in total. The van der Waals surface area contributed by atoms with E-state index < -0.39 is 0 Å². The molecule has 3 aromatic rings. The maximum Gasteiger partial charge on any atom is 0.279 e. The highest BCUT2D eigenvalue weighted by Gasteiger charge is 2.08. The summed E-state index contributed by atoms with van der Waals surface area (Å²) in [5.41, 5.74) is 1.31. The third kappa shape index (κ3) is 3.01. The zero-order valence-corrected chi connectivity index (χ0v) is 12.7. The molecule has 108 valence electrons. The van der Waals surface area contributed by atoms with Crippen LogP contribution in [0.3, 0.4) is 0 Å². The molecule has 0 amide bonds. The highest BCUT2D eigenvalue weighted by Crippen LogP contribution is 2.24. The number of benzene rings is 2. The van der Waals surface area contributed by atoms with Crippen molar-refractivity contribution in [2.75, 3.05) is 0 Å². The van der Waals surface area contributed by atoms with Gasteiger partial charge >= 0.3 is 0 Å². The molecule has 0 spiro atoms. The third-order valence-electron chi connectivity index (χ3n) is 3.23. The highest BCUT2D eigenvalue weighted by molar-refractivity contribution is 7.19. The molecule has 1 heterocycles. The number of aromatic nitrogens is 1. The fourth-order valence-electron chi connectivity index (χ4n) is 2.09. The molecule has 0 radical (unpaired) electrons. The summed E-state index contributed by atoms with van der Waals surface area (Å²) in [6.07, 6.45) is 1.66. The molecule has 23 heavy (non-hydrogen) atoms. The number of rotatable bonds is 2. The van der Waals surface area contributed by atoms with Crippen molar-refractivity contribution in [2.24, 2.45) is 0 Å². The van der Waals surface area contributed by atoms with Crippen molar-refractivity contribution >= 4 is 33.1 Å². The minimum Gasteiger partial charge on any atom is -0.267 e. The van der Waals surface area contributed by atoms with Gasteiger partial charge in [0.05, 0.1) is 22.6 Å². The van der Waals surface area contributed by atoms with Crippen molar-refractivity contribution in [3.05, 3.63) is 75.0 Å². The Hall–Kier alpha value is -3.28. The summed E-state index contributed by atoms with van der Waals surface area (Å²) in [5.74, 6) is 0. The maximum atomic E-state index is 12.1. The first-order valence-electron chi connectivity index (χ1n) is 6.73. The van der Waals surface area contributed by atoms with Crippen molar-refractivity contribution in [3.63, 3.8) is 0 Å². The lowest BCUT2D eigenvalue weighted by Gasteiger charge is -2.00. The molecule has 0 saturated heterocycles. The monoisotopic (exact) mass is 315 g/mol. The number of nitriles is 2. The summed E-state index contributed by atoms with van der Waals surface area (Å²) < 4.78 is 0.795. The van der Waals surface area contributed by atoms with E-state index >= 15 is 0 Å². The molecule has 0 aliphatic heterocycles. The van der Waals surface area contributed by atoms with Gasteiger partial charge in [-0.2, -0.15) is 15.5 Å². The lowest BCUT2D eigenvalue weighted by molar-refractivity contribution is 1.28. The Morgan fingerprint density at radius 3 is 2.52 bits per heavy atom. The van der Waals surface area contributed by atoms with E-state index in [9.17, 15) is 10.1 Å². The molecule has 0 aliphatic rings. The topological polar surface area (TPSA) is 77.5 Å². The van der Waals surface area contributed by atoms with Crippen LogP contribution in [0.4, 0.5) is 0 Å². The number of hydrogen-bond donors (Lipinski definition) is 0. The van der Waals surface area contributed by atoms with Gasteiger partial charge in [0.1, 0.15) is 11.1 Å². The SMILES string of the molecule is N#C/C(=C\c1ccc(C#N)cc1)c1nc(=O)c2ccccc2s1. The second-order valence-electron chi connectivity index (χ2n) is 4.72. The second kappa shape index (κ2) is 6.23. The van der Waals surface area contributed by atoms with Crippen LogP contribution in [0.2, 0.25) is 0 Å². The van der Waals surface area contributed by atoms with E-state index in [1.165, 1.54) is 11.3 Å². The Kier molecular flexibility index (Phi) is 3.97. The molecule has 1 aromatic heterocycles. The van der Waals surface area contributed by atoms with Gasteiger partial charge < -0.3 is 0 Å². The molecule has 5 heteroatoms. The smallest absolute Gasteiger partial charge is 0.267 e. The van der Waals surface area contributed by atoms with Crippen molar-refractivity contribution in [2.45, 2.75) is 0 Å². The molecule has 0 bridgehead atoms. The number of allylic oxidation sites excluding steroid dienone is 1. The first-order valence-corrected chi connectivity index (χ1v) is 7.55. The van der Waals surface area contributed by atoms with Gasteiger partial charge in [0.2, 0.25) is 0 Å². The van der Waals surface area contributed by atoms with Crippen LogP contribution in [0.15, 0.2) is 53.3 Å². The van der Waals surface area contributed by atoms with Crippen LogP contribution in [-0.2, 0) is 0 Å². The fraction of sp³-hybridized carbons (Fsp3) is 0. The van der Waals surface area contributed by atoms with Crippen LogP contribution in [0, 0.1) is 22.7 Å². The molecule has 3 rings (SSSR count). The van der Waals surface area contributed by atoms with Gasteiger partial charge in [-0.05, 0) is 35.9 Å². The normalized spacial score (nSPS) is 11.0. The third-order valence-corrected chi connectivity index (χ3v) is 4.31. The van der Waals surface area contributed by atoms with Crippen molar-refractivity contribution < 1.29 is 0 Å². The van der Waals surface area contributed by atoms with Crippen molar-refractivity contribution in [1.29, 1.82) is 10.5 Å². The Balaban J connectivity index is 2.10. The summed E-state index contributed by atoms with van der Waals surface area (Å²) >= 11 is 1.31. The van der Waals surface area contributed by atoms with E-state index in [2.05, 4.69) is 11.1 Å². The van der Waals surface area contributed by atoms with Crippen LogP contribution in [0.1, 0.15) is 16.1 Å². The average Bonchev–Trinajstić information content (AvgIpc) is 2.60. The summed E-state index contributed by atoms with van der Waals surface area (Å²) in [6, 6.07) is 18.2. The molecular formula is C18H9N3OS. The van der Waals surface area contributed by atoms with Crippen LogP contribution >= 0.6 is 11.3 Å². The molecule has 0 fully saturated rings. The molecule has 0 saturated carbocycles. The molecule has 0 unspecified atom stereocenters. The zero-order chi connectivity index (χ0) is 16.2. The first kappa shape index (κ1) is 14.6. The minimum absolute atomic E-state index is 0.322. The minimum atomic E-state index is -0.338. The molecule has 2 aromatic carbocycles. The predicted molar refractivity (Wildman–Crippen MR) is 90.5 cm³/mol. The fourth-order valence-corrected chi connectivity index (χ4v) is 3.05. The van der Waals surface area contributed by atoms with Gasteiger partial charge in [0.25, 0.3) is 5.56 Å². The zero-order valence-electron chi connectivity index (χ0n) is 11.9. The Morgan fingerprint density at radius 2 is 1.83 bits per heavy atom. The van der Waals surface area contributed by atoms with Gasteiger partial charge in [0.15, 0.2) is 0 Å². The van der Waals surface area contributed by atoms with Crippen LogP contribution in [0.25, 0.3) is 21.7 Å². The van der Waals surface area contributed by atoms with E-state index in [0.29, 0.717) is 21.5 Å². The largest absolute Gasteiger partial charge is 0.279 e. The summed E-state index contributed by atoms with van der Waals surface area (Å²) in [7, 11) is 0. The van der Waals surface area contributed by atoms with Gasteiger partial charge in [0, 0.05) is 4.70 Å². The van der Waals surface area contributed by atoms with Crippen LogP contribution in [-0.4, -0.2) is 4.98 Å². The Labute approximate surface area is 136 Å². The first-order chi connectivity index (χ1) is 11.2. The molecule has 0 aliphatic carbocycles. The van der Waals surface area contributed by atoms with E-state index in [1.54, 1.807) is 42.5 Å². The standard InChI is InChI=1S/C18H9N3OS/c19-10-13-7-5-12(6-8-13)9-14(11-20)18-21-17(22)15-3-1-2-4-16(15)23-18/h1-9H/b14-9+. The van der Waals surface area contributed by atoms with Gasteiger partial charge in [-0.25, -0.2) is 0 Å². The maximum absolute atomic E-state index is 12.1. The van der Waals surface area contributed by atoms with E-state index in [4.69, 9.17) is 5.26 Å². The number of fused-ring (bicyclic) bond motifs is 1. The summed E-state index contributed by atoms with van der Waals surface area (Å²) in [4.78, 5) is 16.1. The number of nitrogens with zero attached hydrogens (tertiary/aromatic N) is 3. The molecular weight excluding hydrogens is 306 g/mol. The second-order valence-corrected chi connectivity index (χ2v) is 5.75. The lowest BCUT2D eigenvalue weighted by atomic mass is 10.1. The van der Waals surface area contributed by atoms with E-state index in [1.807, 2.05) is 18.2 Å².